The number of hydrogen-bond donors (Lipinski definition) is 1. The normalized spacial score (nSPS) is 27.9. The van der Waals surface area contributed by atoms with Crippen LogP contribution in [-0.2, 0) is 10.4 Å². The van der Waals surface area contributed by atoms with Crippen LogP contribution in [0.15, 0.2) is 30.3 Å². The number of ketones is 1. The molecule has 1 aromatic rings. The molecule has 0 spiro atoms. The Hall–Kier alpha value is -1.15. The van der Waals surface area contributed by atoms with Gasteiger partial charge in [0.05, 0.1) is 0 Å². The maximum atomic E-state index is 11.4. The van der Waals surface area contributed by atoms with Gasteiger partial charge in [-0.25, -0.2) is 0 Å². The van der Waals surface area contributed by atoms with Crippen LogP contribution in [-0.4, -0.2) is 10.9 Å². The Labute approximate surface area is 77.2 Å². The van der Waals surface area contributed by atoms with Gasteiger partial charge < -0.3 is 5.11 Å². The zero-order valence-corrected chi connectivity index (χ0v) is 7.36. The van der Waals surface area contributed by atoms with Crippen molar-refractivity contribution in [2.75, 3.05) is 0 Å². The van der Waals surface area contributed by atoms with Crippen LogP contribution in [0.5, 0.6) is 0 Å². The van der Waals surface area contributed by atoms with Gasteiger partial charge in [0.25, 0.3) is 0 Å². The first-order valence-electron chi connectivity index (χ1n) is 4.55. The minimum atomic E-state index is -1.19. The van der Waals surface area contributed by atoms with Gasteiger partial charge in [-0.1, -0.05) is 30.3 Å². The molecule has 2 rings (SSSR count). The summed E-state index contributed by atoms with van der Waals surface area (Å²) in [5.74, 6) is -0.0429. The zero-order chi connectivity index (χ0) is 9.31. The topological polar surface area (TPSA) is 37.3 Å². The lowest BCUT2D eigenvalue weighted by Crippen LogP contribution is -2.29. The molecule has 0 radical (unpaired) electrons. The van der Waals surface area contributed by atoms with Crippen molar-refractivity contribution in [1.29, 1.82) is 0 Å². The van der Waals surface area contributed by atoms with Crippen molar-refractivity contribution >= 4 is 5.78 Å². The van der Waals surface area contributed by atoms with E-state index in [1.54, 1.807) is 0 Å². The van der Waals surface area contributed by atoms with E-state index in [1.807, 2.05) is 30.3 Å². The third kappa shape index (κ3) is 1.27. The smallest absolute Gasteiger partial charge is 0.168 e. The minimum absolute atomic E-state index is 0.0429. The van der Waals surface area contributed by atoms with Gasteiger partial charge in [0, 0.05) is 6.42 Å². The van der Waals surface area contributed by atoms with Crippen LogP contribution >= 0.6 is 0 Å². The van der Waals surface area contributed by atoms with Gasteiger partial charge in [-0.2, -0.15) is 0 Å². The third-order valence-electron chi connectivity index (χ3n) is 2.66. The minimum Gasteiger partial charge on any atom is -0.377 e. The standard InChI is InChI=1S/C11H12O2/c12-10-7-4-8-11(10,13)9-5-2-1-3-6-9/h1-3,5-6,13H,4,7-8H2. The van der Waals surface area contributed by atoms with Gasteiger partial charge in [0.15, 0.2) is 5.78 Å². The average molecular weight is 176 g/mol. The van der Waals surface area contributed by atoms with Crippen LogP contribution in [0.4, 0.5) is 0 Å². The van der Waals surface area contributed by atoms with Crippen molar-refractivity contribution in [2.45, 2.75) is 24.9 Å². The molecule has 13 heavy (non-hydrogen) atoms. The lowest BCUT2D eigenvalue weighted by molar-refractivity contribution is -0.134. The fourth-order valence-corrected chi connectivity index (χ4v) is 1.87. The highest BCUT2D eigenvalue weighted by atomic mass is 16.3. The second kappa shape index (κ2) is 2.96. The van der Waals surface area contributed by atoms with Crippen LogP contribution in [0.2, 0.25) is 0 Å². The van der Waals surface area contributed by atoms with Gasteiger partial charge in [-0.15, -0.1) is 0 Å². The Morgan fingerprint density at radius 1 is 1.23 bits per heavy atom. The van der Waals surface area contributed by atoms with E-state index in [0.29, 0.717) is 12.8 Å². The van der Waals surface area contributed by atoms with Gasteiger partial charge in [-0.05, 0) is 18.4 Å². The van der Waals surface area contributed by atoms with Gasteiger partial charge in [0.1, 0.15) is 5.60 Å². The highest BCUT2D eigenvalue weighted by Crippen LogP contribution is 2.35. The summed E-state index contributed by atoms with van der Waals surface area (Å²) in [6.07, 6.45) is 1.87. The quantitative estimate of drug-likeness (QED) is 0.706. The molecule has 0 saturated heterocycles. The maximum absolute atomic E-state index is 11.4. The molecule has 1 atom stereocenters. The van der Waals surface area contributed by atoms with E-state index in [4.69, 9.17) is 0 Å². The molecular formula is C11H12O2. The summed E-state index contributed by atoms with van der Waals surface area (Å²) in [6, 6.07) is 9.19. The van der Waals surface area contributed by atoms with Crippen molar-refractivity contribution in [1.82, 2.24) is 0 Å². The van der Waals surface area contributed by atoms with E-state index in [2.05, 4.69) is 0 Å². The molecule has 1 unspecified atom stereocenters. The van der Waals surface area contributed by atoms with E-state index in [1.165, 1.54) is 0 Å². The molecule has 0 heterocycles. The monoisotopic (exact) mass is 176 g/mol. The largest absolute Gasteiger partial charge is 0.377 e. The molecule has 0 aromatic heterocycles. The summed E-state index contributed by atoms with van der Waals surface area (Å²) in [5, 5.41) is 10.1. The van der Waals surface area contributed by atoms with Gasteiger partial charge >= 0.3 is 0 Å². The summed E-state index contributed by atoms with van der Waals surface area (Å²) >= 11 is 0. The van der Waals surface area contributed by atoms with E-state index in [-0.39, 0.29) is 5.78 Å². The summed E-state index contributed by atoms with van der Waals surface area (Å²) in [4.78, 5) is 11.4. The van der Waals surface area contributed by atoms with Crippen LogP contribution in [0.3, 0.4) is 0 Å². The highest BCUT2D eigenvalue weighted by molar-refractivity contribution is 5.90. The highest BCUT2D eigenvalue weighted by Gasteiger charge is 2.41. The average Bonchev–Trinajstić information content (AvgIpc) is 2.50. The molecule has 1 fully saturated rings. The number of Topliss-reactive ketones (excluding diaryl/α,β-unsaturated/α-hetero) is 1. The Balaban J connectivity index is 2.40. The first kappa shape index (κ1) is 8.45. The molecule has 0 amide bonds. The van der Waals surface area contributed by atoms with Crippen LogP contribution < -0.4 is 0 Å². The molecule has 2 heteroatoms. The van der Waals surface area contributed by atoms with E-state index >= 15 is 0 Å². The number of rotatable bonds is 1. The number of aliphatic hydroxyl groups is 1. The zero-order valence-electron chi connectivity index (χ0n) is 7.36. The predicted octanol–water partition coefficient (Wildman–Crippen LogP) is 1.63. The number of benzene rings is 1. The van der Waals surface area contributed by atoms with Crippen LogP contribution in [0.1, 0.15) is 24.8 Å². The lowest BCUT2D eigenvalue weighted by Gasteiger charge is -2.20. The van der Waals surface area contributed by atoms with Gasteiger partial charge in [-0.3, -0.25) is 4.79 Å². The van der Waals surface area contributed by atoms with Gasteiger partial charge in [0.2, 0.25) is 0 Å². The Kier molecular flexibility index (Phi) is 1.93. The molecule has 1 aliphatic carbocycles. The number of carbonyl (C=O) groups is 1. The molecule has 0 aliphatic heterocycles. The number of hydrogen-bond acceptors (Lipinski definition) is 2. The summed E-state index contributed by atoms with van der Waals surface area (Å²) < 4.78 is 0. The van der Waals surface area contributed by atoms with E-state index in [9.17, 15) is 9.90 Å². The molecule has 1 N–H and O–H groups in total. The SMILES string of the molecule is O=C1CCCC1(O)c1ccccc1. The van der Waals surface area contributed by atoms with Crippen molar-refractivity contribution in [3.63, 3.8) is 0 Å². The van der Waals surface area contributed by atoms with E-state index in [0.717, 1.165) is 12.0 Å². The molecule has 1 saturated carbocycles. The van der Waals surface area contributed by atoms with E-state index < -0.39 is 5.60 Å². The number of carbonyl (C=O) groups excluding carboxylic acids is 1. The predicted molar refractivity (Wildman–Crippen MR) is 49.2 cm³/mol. The summed E-state index contributed by atoms with van der Waals surface area (Å²) in [6.45, 7) is 0. The fraction of sp³-hybridized carbons (Fsp3) is 0.364. The lowest BCUT2D eigenvalue weighted by atomic mass is 9.91. The Bertz CT molecular complexity index is 318. The van der Waals surface area contributed by atoms with Crippen LogP contribution in [0.25, 0.3) is 0 Å². The molecule has 0 bridgehead atoms. The van der Waals surface area contributed by atoms with Crippen molar-refractivity contribution in [3.8, 4) is 0 Å². The fourth-order valence-electron chi connectivity index (χ4n) is 1.87. The third-order valence-corrected chi connectivity index (χ3v) is 2.66. The molecular weight excluding hydrogens is 164 g/mol. The van der Waals surface area contributed by atoms with Crippen molar-refractivity contribution in [2.24, 2.45) is 0 Å². The summed E-state index contributed by atoms with van der Waals surface area (Å²) in [5.41, 5.74) is -0.459. The summed E-state index contributed by atoms with van der Waals surface area (Å²) in [7, 11) is 0. The van der Waals surface area contributed by atoms with Crippen LogP contribution in [0, 0.1) is 0 Å². The van der Waals surface area contributed by atoms with Crippen molar-refractivity contribution in [3.05, 3.63) is 35.9 Å². The van der Waals surface area contributed by atoms with Crippen molar-refractivity contribution < 1.29 is 9.90 Å². The first-order chi connectivity index (χ1) is 6.23. The Morgan fingerprint density at radius 2 is 1.92 bits per heavy atom. The second-order valence-corrected chi connectivity index (χ2v) is 3.50. The first-order valence-corrected chi connectivity index (χ1v) is 4.55. The second-order valence-electron chi connectivity index (χ2n) is 3.50. The Morgan fingerprint density at radius 3 is 2.46 bits per heavy atom. The molecule has 1 aliphatic rings. The molecule has 2 nitrogen and oxygen atoms in total. The maximum Gasteiger partial charge on any atom is 0.168 e. The molecule has 68 valence electrons. The molecule has 1 aromatic carbocycles.